The molecule has 1 aromatic carbocycles. The summed E-state index contributed by atoms with van der Waals surface area (Å²) >= 11 is 0. The topological polar surface area (TPSA) is 43.4 Å². The second-order valence-corrected chi connectivity index (χ2v) is 4.92. The standard InChI is InChI=1S/C7H4ClF3O3S/c8-15(12,13)5-3-1-2-4(6(5)9)14-7(10)11/h1-3,7H. The van der Waals surface area contributed by atoms with E-state index in [4.69, 9.17) is 10.7 Å². The van der Waals surface area contributed by atoms with Crippen LogP contribution in [-0.4, -0.2) is 15.0 Å². The highest BCUT2D eigenvalue weighted by molar-refractivity contribution is 8.13. The van der Waals surface area contributed by atoms with Crippen molar-refractivity contribution in [2.75, 3.05) is 0 Å². The largest absolute Gasteiger partial charge is 0.432 e. The Labute approximate surface area is 87.8 Å². The van der Waals surface area contributed by atoms with E-state index in [-0.39, 0.29) is 0 Å². The quantitative estimate of drug-likeness (QED) is 0.784. The summed E-state index contributed by atoms with van der Waals surface area (Å²) in [5.41, 5.74) is 0. The highest BCUT2D eigenvalue weighted by Gasteiger charge is 2.20. The van der Waals surface area contributed by atoms with E-state index in [1.165, 1.54) is 0 Å². The Morgan fingerprint density at radius 2 is 1.93 bits per heavy atom. The maximum atomic E-state index is 13.2. The summed E-state index contributed by atoms with van der Waals surface area (Å²) < 4.78 is 62.0. The highest BCUT2D eigenvalue weighted by atomic mass is 35.7. The van der Waals surface area contributed by atoms with Gasteiger partial charge >= 0.3 is 6.61 Å². The fraction of sp³-hybridized carbons (Fsp3) is 0.143. The highest BCUT2D eigenvalue weighted by Crippen LogP contribution is 2.27. The summed E-state index contributed by atoms with van der Waals surface area (Å²) in [6, 6.07) is 2.75. The molecule has 0 spiro atoms. The molecular weight excluding hydrogens is 257 g/mol. The van der Waals surface area contributed by atoms with Crippen molar-refractivity contribution in [1.82, 2.24) is 0 Å². The molecule has 0 saturated heterocycles. The van der Waals surface area contributed by atoms with Gasteiger partial charge in [-0.2, -0.15) is 8.78 Å². The lowest BCUT2D eigenvalue weighted by atomic mass is 10.3. The Morgan fingerprint density at radius 3 is 2.40 bits per heavy atom. The number of halogens is 4. The second kappa shape index (κ2) is 4.28. The van der Waals surface area contributed by atoms with Crippen LogP contribution in [0.15, 0.2) is 23.1 Å². The molecule has 0 saturated carbocycles. The molecule has 0 unspecified atom stereocenters. The van der Waals surface area contributed by atoms with Gasteiger partial charge in [0.1, 0.15) is 4.90 Å². The van der Waals surface area contributed by atoms with Crippen LogP contribution < -0.4 is 4.74 Å². The summed E-state index contributed by atoms with van der Waals surface area (Å²) in [5.74, 6) is -2.31. The molecule has 0 fully saturated rings. The number of rotatable bonds is 3. The summed E-state index contributed by atoms with van der Waals surface area (Å²) in [6.45, 7) is -3.24. The molecule has 0 aliphatic rings. The Balaban J connectivity index is 3.24. The van der Waals surface area contributed by atoms with Crippen molar-refractivity contribution >= 4 is 19.7 Å². The number of alkyl halides is 2. The van der Waals surface area contributed by atoms with Gasteiger partial charge in [-0.05, 0) is 12.1 Å². The van der Waals surface area contributed by atoms with Gasteiger partial charge in [0.2, 0.25) is 0 Å². The van der Waals surface area contributed by atoms with Crippen molar-refractivity contribution in [2.24, 2.45) is 0 Å². The van der Waals surface area contributed by atoms with E-state index in [1.54, 1.807) is 0 Å². The van der Waals surface area contributed by atoms with E-state index >= 15 is 0 Å². The molecule has 0 amide bonds. The van der Waals surface area contributed by atoms with Crippen LogP contribution in [0, 0.1) is 5.82 Å². The number of hydrogen-bond acceptors (Lipinski definition) is 3. The third-order valence-corrected chi connectivity index (χ3v) is 2.75. The van der Waals surface area contributed by atoms with Crippen LogP contribution >= 0.6 is 10.7 Å². The molecule has 84 valence electrons. The van der Waals surface area contributed by atoms with Gasteiger partial charge in [-0.1, -0.05) is 6.07 Å². The molecule has 0 atom stereocenters. The van der Waals surface area contributed by atoms with Crippen LogP contribution in [0.25, 0.3) is 0 Å². The van der Waals surface area contributed by atoms with Gasteiger partial charge in [-0.3, -0.25) is 0 Å². The summed E-state index contributed by atoms with van der Waals surface area (Å²) in [6.07, 6.45) is 0. The number of ether oxygens (including phenoxy) is 1. The lowest BCUT2D eigenvalue weighted by Crippen LogP contribution is -2.05. The van der Waals surface area contributed by atoms with Crippen molar-refractivity contribution in [3.63, 3.8) is 0 Å². The van der Waals surface area contributed by atoms with Crippen LogP contribution in [-0.2, 0) is 9.05 Å². The first kappa shape index (κ1) is 12.1. The van der Waals surface area contributed by atoms with Crippen LogP contribution in [0.1, 0.15) is 0 Å². The third kappa shape index (κ3) is 3.00. The van der Waals surface area contributed by atoms with Crippen molar-refractivity contribution < 1.29 is 26.3 Å². The van der Waals surface area contributed by atoms with E-state index in [1.807, 2.05) is 0 Å². The lowest BCUT2D eigenvalue weighted by molar-refractivity contribution is -0.0524. The zero-order valence-corrected chi connectivity index (χ0v) is 8.53. The molecule has 0 heterocycles. The average molecular weight is 261 g/mol. The predicted octanol–water partition coefficient (Wildman–Crippen LogP) is 2.35. The van der Waals surface area contributed by atoms with Gasteiger partial charge in [0.25, 0.3) is 9.05 Å². The van der Waals surface area contributed by atoms with Gasteiger partial charge in [0.15, 0.2) is 11.6 Å². The first-order chi connectivity index (χ1) is 6.82. The molecule has 1 rings (SSSR count). The molecule has 3 nitrogen and oxygen atoms in total. The lowest BCUT2D eigenvalue weighted by Gasteiger charge is -2.06. The molecule has 0 N–H and O–H groups in total. The van der Waals surface area contributed by atoms with Crippen LogP contribution in [0.5, 0.6) is 5.75 Å². The van der Waals surface area contributed by atoms with Crippen molar-refractivity contribution in [3.8, 4) is 5.75 Å². The molecule has 0 aromatic heterocycles. The first-order valence-electron chi connectivity index (χ1n) is 3.50. The average Bonchev–Trinajstić information content (AvgIpc) is 2.05. The van der Waals surface area contributed by atoms with E-state index in [2.05, 4.69) is 4.74 Å². The number of hydrogen-bond donors (Lipinski definition) is 0. The number of benzene rings is 1. The molecule has 0 aliphatic carbocycles. The predicted molar refractivity (Wildman–Crippen MR) is 46.1 cm³/mol. The zero-order valence-electron chi connectivity index (χ0n) is 6.95. The van der Waals surface area contributed by atoms with Gasteiger partial charge in [-0.25, -0.2) is 12.8 Å². The molecule has 8 heteroatoms. The maximum absolute atomic E-state index is 13.2. The van der Waals surface area contributed by atoms with Crippen LogP contribution in [0.4, 0.5) is 13.2 Å². The van der Waals surface area contributed by atoms with Crippen molar-refractivity contribution in [2.45, 2.75) is 11.5 Å². The second-order valence-electron chi connectivity index (χ2n) is 2.38. The molecule has 15 heavy (non-hydrogen) atoms. The maximum Gasteiger partial charge on any atom is 0.387 e. The third-order valence-electron chi connectivity index (χ3n) is 1.41. The van der Waals surface area contributed by atoms with Crippen molar-refractivity contribution in [1.29, 1.82) is 0 Å². The Morgan fingerprint density at radius 1 is 1.33 bits per heavy atom. The molecule has 0 aliphatic heterocycles. The molecule has 0 bridgehead atoms. The summed E-state index contributed by atoms with van der Waals surface area (Å²) in [5, 5.41) is 0. The van der Waals surface area contributed by atoms with E-state index in [9.17, 15) is 21.6 Å². The molecular formula is C7H4ClF3O3S. The van der Waals surface area contributed by atoms with Crippen LogP contribution in [0.2, 0.25) is 0 Å². The van der Waals surface area contributed by atoms with Crippen LogP contribution in [0.3, 0.4) is 0 Å². The SMILES string of the molecule is O=S(=O)(Cl)c1cccc(OC(F)F)c1F. The fourth-order valence-electron chi connectivity index (χ4n) is 0.866. The normalized spacial score (nSPS) is 11.8. The first-order valence-corrected chi connectivity index (χ1v) is 5.81. The Hall–Kier alpha value is -0.950. The monoisotopic (exact) mass is 260 g/mol. The van der Waals surface area contributed by atoms with Gasteiger partial charge in [-0.15, -0.1) is 0 Å². The van der Waals surface area contributed by atoms with E-state index < -0.39 is 32.1 Å². The molecule has 1 aromatic rings. The minimum Gasteiger partial charge on any atom is -0.432 e. The zero-order chi connectivity index (χ0) is 11.6. The van der Waals surface area contributed by atoms with Crippen molar-refractivity contribution in [3.05, 3.63) is 24.0 Å². The van der Waals surface area contributed by atoms with E-state index in [0.29, 0.717) is 0 Å². The minimum absolute atomic E-state index is 0.843. The minimum atomic E-state index is -4.32. The Bertz CT molecular complexity index is 461. The van der Waals surface area contributed by atoms with Gasteiger partial charge in [0, 0.05) is 10.7 Å². The van der Waals surface area contributed by atoms with E-state index in [0.717, 1.165) is 18.2 Å². The summed E-state index contributed by atoms with van der Waals surface area (Å²) in [4.78, 5) is -0.901. The summed E-state index contributed by atoms with van der Waals surface area (Å²) in [7, 11) is 0.542. The Kier molecular flexibility index (Phi) is 3.46. The van der Waals surface area contributed by atoms with Gasteiger partial charge in [0.05, 0.1) is 0 Å². The molecule has 0 radical (unpaired) electrons. The van der Waals surface area contributed by atoms with Gasteiger partial charge < -0.3 is 4.74 Å². The fourth-order valence-corrected chi connectivity index (χ4v) is 1.78. The smallest absolute Gasteiger partial charge is 0.387 e.